The lowest BCUT2D eigenvalue weighted by Gasteiger charge is -2.50. The summed E-state index contributed by atoms with van der Waals surface area (Å²) in [5, 5.41) is 0. The van der Waals surface area contributed by atoms with E-state index in [9.17, 15) is 4.79 Å². The molecular formula is C41H47N4O5+. The smallest absolute Gasteiger partial charge is 0.275 e. The van der Waals surface area contributed by atoms with Crippen molar-refractivity contribution in [2.45, 2.75) is 38.5 Å². The van der Waals surface area contributed by atoms with Crippen LogP contribution in [-0.4, -0.2) is 80.0 Å². The number of carbonyl (C=O) groups excluding carboxylic acids is 1. The Morgan fingerprint density at radius 1 is 0.740 bits per heavy atom. The van der Waals surface area contributed by atoms with Gasteiger partial charge in [0.05, 0.1) is 20.1 Å². The van der Waals surface area contributed by atoms with Crippen LogP contribution in [0.15, 0.2) is 108 Å². The van der Waals surface area contributed by atoms with Crippen LogP contribution in [-0.2, 0) is 23.5 Å². The summed E-state index contributed by atoms with van der Waals surface area (Å²) in [5.41, 5.74) is 5.59. The van der Waals surface area contributed by atoms with E-state index in [0.717, 1.165) is 76.0 Å². The van der Waals surface area contributed by atoms with Gasteiger partial charge in [-0.25, -0.2) is 0 Å². The quantitative estimate of drug-likeness (QED) is 0.158. The molecule has 0 saturated carbocycles. The molecule has 260 valence electrons. The summed E-state index contributed by atoms with van der Waals surface area (Å²) in [6.07, 6.45) is 2.02. The minimum atomic E-state index is -0.697. The van der Waals surface area contributed by atoms with E-state index in [1.54, 1.807) is 4.90 Å². The van der Waals surface area contributed by atoms with Crippen molar-refractivity contribution in [3.05, 3.63) is 131 Å². The molecule has 1 unspecified atom stereocenters. The fraction of sp³-hybridized carbons (Fsp3) is 0.341. The second-order valence-corrected chi connectivity index (χ2v) is 13.7. The van der Waals surface area contributed by atoms with Crippen LogP contribution in [0.25, 0.3) is 0 Å². The predicted molar refractivity (Wildman–Crippen MR) is 192 cm³/mol. The van der Waals surface area contributed by atoms with E-state index in [4.69, 9.17) is 18.9 Å². The topological polar surface area (TPSA) is 63.7 Å². The van der Waals surface area contributed by atoms with Crippen molar-refractivity contribution in [1.82, 2.24) is 14.7 Å². The lowest BCUT2D eigenvalue weighted by Crippen LogP contribution is -2.63. The van der Waals surface area contributed by atoms with Gasteiger partial charge in [-0.05, 0) is 41.8 Å². The van der Waals surface area contributed by atoms with Crippen LogP contribution in [0.1, 0.15) is 42.0 Å². The summed E-state index contributed by atoms with van der Waals surface area (Å²) in [6, 6.07) is 33.7. The summed E-state index contributed by atoms with van der Waals surface area (Å²) in [7, 11) is 8.13. The molecule has 0 aliphatic carbocycles. The highest BCUT2D eigenvalue weighted by Crippen LogP contribution is 2.54. The molecule has 3 aliphatic heterocycles. The largest absolute Gasteiger partial charge is 0.454 e. The zero-order chi connectivity index (χ0) is 34.9. The van der Waals surface area contributed by atoms with Gasteiger partial charge in [-0.3, -0.25) is 14.2 Å². The molecule has 0 N–H and O–H groups in total. The molecule has 0 aromatic heterocycles. The maximum Gasteiger partial charge on any atom is 0.275 e. The highest BCUT2D eigenvalue weighted by atomic mass is 16.7. The summed E-state index contributed by atoms with van der Waals surface area (Å²) < 4.78 is 23.3. The lowest BCUT2D eigenvalue weighted by atomic mass is 9.86. The predicted octanol–water partition coefficient (Wildman–Crippen LogP) is 6.54. The van der Waals surface area contributed by atoms with Gasteiger partial charge in [-0.1, -0.05) is 86.1 Å². The Morgan fingerprint density at radius 2 is 1.24 bits per heavy atom. The Labute approximate surface area is 295 Å². The van der Waals surface area contributed by atoms with Gasteiger partial charge in [0.1, 0.15) is 0 Å². The van der Waals surface area contributed by atoms with E-state index in [2.05, 4.69) is 116 Å². The molecule has 4 aromatic carbocycles. The Balaban J connectivity index is 1.40. The Bertz CT molecular complexity index is 1780. The zero-order valence-corrected chi connectivity index (χ0v) is 29.7. The van der Waals surface area contributed by atoms with Gasteiger partial charge in [0.25, 0.3) is 5.91 Å². The second kappa shape index (κ2) is 13.7. The van der Waals surface area contributed by atoms with Gasteiger partial charge in [0.2, 0.25) is 19.2 Å². The number of amides is 1. The molecule has 0 saturated heterocycles. The first kappa shape index (κ1) is 33.5. The summed E-state index contributed by atoms with van der Waals surface area (Å²) in [5.74, 6) is 3.01. The van der Waals surface area contributed by atoms with Crippen LogP contribution in [0.2, 0.25) is 0 Å². The van der Waals surface area contributed by atoms with Crippen molar-refractivity contribution in [3.8, 4) is 23.0 Å². The number of hydrogen-bond acceptors (Lipinski definition) is 7. The summed E-state index contributed by atoms with van der Waals surface area (Å²) in [6.45, 7) is 5.32. The fourth-order valence-electron chi connectivity index (χ4n) is 8.04. The number of quaternary nitrogens is 1. The van der Waals surface area contributed by atoms with Crippen LogP contribution < -0.4 is 18.9 Å². The molecule has 9 nitrogen and oxygen atoms in total. The number of nitrogens with zero attached hydrogens (tertiary/aromatic N) is 4. The molecule has 3 heterocycles. The monoisotopic (exact) mass is 675 g/mol. The number of fused-ring (bicyclic) bond motifs is 2. The number of likely N-dealkylation sites (N-methyl/N-ethyl adjacent to an activating group) is 3. The van der Waals surface area contributed by atoms with Crippen molar-refractivity contribution < 1.29 is 28.2 Å². The molecule has 3 aliphatic rings. The summed E-state index contributed by atoms with van der Waals surface area (Å²) >= 11 is 0. The van der Waals surface area contributed by atoms with Crippen molar-refractivity contribution >= 4 is 5.91 Å². The molecular weight excluding hydrogens is 628 g/mol. The first-order valence-corrected chi connectivity index (χ1v) is 17.4. The fourth-order valence-corrected chi connectivity index (χ4v) is 8.04. The van der Waals surface area contributed by atoms with Gasteiger partial charge in [0, 0.05) is 45.4 Å². The van der Waals surface area contributed by atoms with Crippen LogP contribution in [0.5, 0.6) is 23.0 Å². The first-order valence-electron chi connectivity index (χ1n) is 17.4. The van der Waals surface area contributed by atoms with Gasteiger partial charge in [0.15, 0.2) is 34.4 Å². The van der Waals surface area contributed by atoms with E-state index in [1.807, 2.05) is 26.2 Å². The van der Waals surface area contributed by atoms with E-state index in [-0.39, 0.29) is 19.5 Å². The van der Waals surface area contributed by atoms with Crippen LogP contribution >= 0.6 is 0 Å². The van der Waals surface area contributed by atoms with Gasteiger partial charge < -0.3 is 28.7 Å². The highest BCUT2D eigenvalue weighted by Gasteiger charge is 2.64. The SMILES string of the molecule is CCCC[N+]1(C)C(CN(Cc2ccc3c(c2)OCO3)Cc2ccc3c(c2)OCO3)=C(C(=O)N(C)C)N(C)C1(c1ccccc1)c1ccccc1. The van der Waals surface area contributed by atoms with Gasteiger partial charge >= 0.3 is 0 Å². The molecule has 1 atom stereocenters. The molecule has 0 spiro atoms. The van der Waals surface area contributed by atoms with Crippen molar-refractivity contribution in [1.29, 1.82) is 0 Å². The Morgan fingerprint density at radius 3 is 1.72 bits per heavy atom. The Kier molecular flexibility index (Phi) is 9.20. The molecule has 0 fully saturated rings. The van der Waals surface area contributed by atoms with Crippen LogP contribution in [0.3, 0.4) is 0 Å². The van der Waals surface area contributed by atoms with Crippen LogP contribution in [0.4, 0.5) is 0 Å². The van der Waals surface area contributed by atoms with E-state index in [1.165, 1.54) is 0 Å². The maximum atomic E-state index is 14.6. The number of benzene rings is 4. The molecule has 50 heavy (non-hydrogen) atoms. The third kappa shape index (κ3) is 5.74. The van der Waals surface area contributed by atoms with Gasteiger partial charge in [-0.15, -0.1) is 0 Å². The normalized spacial score (nSPS) is 18.6. The molecule has 4 aromatic rings. The molecule has 9 heteroatoms. The zero-order valence-electron chi connectivity index (χ0n) is 29.7. The van der Waals surface area contributed by atoms with E-state index >= 15 is 0 Å². The second-order valence-electron chi connectivity index (χ2n) is 13.7. The molecule has 1 amide bonds. The lowest BCUT2D eigenvalue weighted by molar-refractivity contribution is -0.931. The Hall–Kier alpha value is -4.99. The minimum absolute atomic E-state index is 0.0109. The highest BCUT2D eigenvalue weighted by molar-refractivity contribution is 5.93. The number of carbonyl (C=O) groups is 1. The average molecular weight is 676 g/mol. The number of ether oxygens (including phenoxy) is 4. The standard InChI is InChI=1S/C41H47N4O5/c1-6-7-22-45(5)34(39(40(46)42(2)3)43(4)41(45,32-14-10-8-11-15-32)33-16-12-9-13-17-33)27-44(25-30-18-20-35-37(23-30)49-28-47-35)26-31-19-21-36-38(24-31)50-29-48-36/h8-21,23-24H,6-7,22,25-29H2,1-5H3/q+1. The summed E-state index contributed by atoms with van der Waals surface area (Å²) in [4.78, 5) is 21.0. The maximum absolute atomic E-state index is 14.6. The molecule has 0 radical (unpaired) electrons. The third-order valence-electron chi connectivity index (χ3n) is 10.4. The van der Waals surface area contributed by atoms with Crippen molar-refractivity contribution in [3.63, 3.8) is 0 Å². The average Bonchev–Trinajstić information content (AvgIpc) is 3.84. The minimum Gasteiger partial charge on any atom is -0.454 e. The first-order chi connectivity index (χ1) is 24.3. The van der Waals surface area contributed by atoms with E-state index in [0.29, 0.717) is 24.1 Å². The van der Waals surface area contributed by atoms with Crippen molar-refractivity contribution in [2.75, 3.05) is 54.9 Å². The third-order valence-corrected chi connectivity index (χ3v) is 10.4. The molecule has 7 rings (SSSR count). The van der Waals surface area contributed by atoms with Gasteiger partial charge in [-0.2, -0.15) is 0 Å². The number of hydrogen-bond donors (Lipinski definition) is 0. The molecule has 0 bridgehead atoms. The number of rotatable bonds is 12. The van der Waals surface area contributed by atoms with Crippen molar-refractivity contribution in [2.24, 2.45) is 0 Å². The van der Waals surface area contributed by atoms with Crippen LogP contribution in [0, 0.1) is 0 Å². The van der Waals surface area contributed by atoms with E-state index < -0.39 is 5.66 Å². The number of unbranched alkanes of at least 4 members (excludes halogenated alkanes) is 1.